The number of amides is 2. The molecule has 38 heavy (non-hydrogen) atoms. The quantitative estimate of drug-likeness (QED) is 0.288. The first-order chi connectivity index (χ1) is 17.5. The molecule has 0 atom stereocenters. The normalized spacial score (nSPS) is 11.9. The predicted octanol–water partition coefficient (Wildman–Crippen LogP) is 4.85. The zero-order chi connectivity index (χ0) is 28.6. The van der Waals surface area contributed by atoms with Crippen LogP contribution in [0.25, 0.3) is 0 Å². The maximum Gasteiger partial charge on any atom is 0.414 e. The number of alkyl carbamates (subject to hydrolysis) is 2. The summed E-state index contributed by atoms with van der Waals surface area (Å²) in [6, 6.07) is 13.7. The molecule has 11 heteroatoms. The fourth-order valence-electron chi connectivity index (χ4n) is 2.93. The first-order valence-electron chi connectivity index (χ1n) is 12.1. The number of aryl methyl sites for hydroxylation is 1. The predicted molar refractivity (Wildman–Crippen MR) is 144 cm³/mol. The molecule has 0 aliphatic carbocycles. The van der Waals surface area contributed by atoms with Crippen molar-refractivity contribution < 1.29 is 31.7 Å². The molecule has 10 nitrogen and oxygen atoms in total. The Bertz CT molecular complexity index is 1190. The molecule has 2 aromatic rings. The molecule has 0 aromatic heterocycles. The molecule has 0 aliphatic rings. The van der Waals surface area contributed by atoms with Crippen molar-refractivity contribution in [2.24, 2.45) is 4.99 Å². The van der Waals surface area contributed by atoms with Gasteiger partial charge in [0, 0.05) is 0 Å². The second-order valence-electron chi connectivity index (χ2n) is 10.6. The minimum Gasteiger partial charge on any atom is -0.444 e. The lowest BCUT2D eigenvalue weighted by molar-refractivity contribution is 0.0545. The van der Waals surface area contributed by atoms with Gasteiger partial charge in [-0.25, -0.2) is 14.6 Å². The molecule has 2 amide bonds. The Morgan fingerprint density at radius 3 is 1.74 bits per heavy atom. The third-order valence-corrected chi connectivity index (χ3v) is 5.95. The summed E-state index contributed by atoms with van der Waals surface area (Å²) in [4.78, 5) is 28.8. The summed E-state index contributed by atoms with van der Waals surface area (Å²) < 4.78 is 40.3. The van der Waals surface area contributed by atoms with E-state index in [0.717, 1.165) is 16.7 Å². The van der Waals surface area contributed by atoms with E-state index in [-0.39, 0.29) is 24.0 Å². The molecule has 0 bridgehead atoms. The molecular formula is C27H37N3O7S. The SMILES string of the molecule is Cc1ccc(S(=O)(=O)OCCc2ccc(CN=C(NC(=O)OC(C)(C)C)NC(=O)OC(C)(C)C)cc2)cc1. The maximum absolute atomic E-state index is 12.3. The highest BCUT2D eigenvalue weighted by molar-refractivity contribution is 7.86. The second kappa shape index (κ2) is 12.9. The average molecular weight is 548 g/mol. The minimum atomic E-state index is -3.82. The summed E-state index contributed by atoms with van der Waals surface area (Å²) in [5.74, 6) is -0.118. The van der Waals surface area contributed by atoms with Crippen LogP contribution in [0, 0.1) is 6.92 Å². The summed E-state index contributed by atoms with van der Waals surface area (Å²) in [7, 11) is -3.82. The van der Waals surface area contributed by atoms with Crippen molar-refractivity contribution >= 4 is 28.3 Å². The Kier molecular flexibility index (Phi) is 10.4. The van der Waals surface area contributed by atoms with Gasteiger partial charge in [-0.3, -0.25) is 14.8 Å². The lowest BCUT2D eigenvalue weighted by atomic mass is 10.1. The van der Waals surface area contributed by atoms with Crippen LogP contribution in [-0.4, -0.2) is 44.4 Å². The van der Waals surface area contributed by atoms with E-state index in [1.807, 2.05) is 31.2 Å². The lowest BCUT2D eigenvalue weighted by Gasteiger charge is -2.22. The van der Waals surface area contributed by atoms with Crippen LogP contribution in [0.1, 0.15) is 58.2 Å². The standard InChI is InChI=1S/C27H37N3O7S/c1-19-8-14-22(15-9-19)38(33,34)35-17-16-20-10-12-21(13-11-20)18-28-23(29-24(31)36-26(2,3)4)30-25(32)37-27(5,6)7/h8-15H,16-18H2,1-7H3,(H2,28,29,30,31,32). The molecule has 0 heterocycles. The third kappa shape index (κ3) is 11.7. The van der Waals surface area contributed by atoms with Gasteiger partial charge in [-0.2, -0.15) is 8.42 Å². The molecule has 2 aromatic carbocycles. The van der Waals surface area contributed by atoms with Crippen LogP contribution < -0.4 is 10.6 Å². The zero-order valence-corrected chi connectivity index (χ0v) is 23.8. The van der Waals surface area contributed by atoms with E-state index >= 15 is 0 Å². The molecule has 2 N–H and O–H groups in total. The Balaban J connectivity index is 2.00. The van der Waals surface area contributed by atoms with E-state index < -0.39 is 33.5 Å². The zero-order valence-electron chi connectivity index (χ0n) is 23.0. The van der Waals surface area contributed by atoms with Gasteiger partial charge in [-0.15, -0.1) is 0 Å². The smallest absolute Gasteiger partial charge is 0.414 e. The molecule has 0 fully saturated rings. The molecular weight excluding hydrogens is 510 g/mol. The van der Waals surface area contributed by atoms with Gasteiger partial charge in [0.1, 0.15) is 11.2 Å². The molecule has 0 saturated carbocycles. The average Bonchev–Trinajstić information content (AvgIpc) is 2.76. The highest BCUT2D eigenvalue weighted by Crippen LogP contribution is 2.14. The number of guanidine groups is 1. The van der Waals surface area contributed by atoms with Crippen molar-refractivity contribution in [2.75, 3.05) is 6.61 Å². The topological polar surface area (TPSA) is 132 Å². The van der Waals surface area contributed by atoms with Crippen molar-refractivity contribution in [3.63, 3.8) is 0 Å². The number of carbonyl (C=O) groups excluding carboxylic acids is 2. The molecule has 2 rings (SSSR count). The Labute approximate surface area is 224 Å². The molecule has 0 radical (unpaired) electrons. The lowest BCUT2D eigenvalue weighted by Crippen LogP contribution is -2.47. The van der Waals surface area contributed by atoms with Crippen LogP contribution in [0.4, 0.5) is 9.59 Å². The van der Waals surface area contributed by atoms with E-state index in [1.165, 1.54) is 12.1 Å². The van der Waals surface area contributed by atoms with Gasteiger partial charge in [0.05, 0.1) is 18.0 Å². The highest BCUT2D eigenvalue weighted by atomic mass is 32.2. The first-order valence-corrected chi connectivity index (χ1v) is 13.5. The van der Waals surface area contributed by atoms with Gasteiger partial charge in [0.15, 0.2) is 0 Å². The maximum atomic E-state index is 12.3. The number of nitrogens with zero attached hydrogens (tertiary/aromatic N) is 1. The molecule has 208 valence electrons. The Morgan fingerprint density at radius 1 is 0.789 bits per heavy atom. The monoisotopic (exact) mass is 547 g/mol. The van der Waals surface area contributed by atoms with Gasteiger partial charge >= 0.3 is 12.2 Å². The van der Waals surface area contributed by atoms with Crippen LogP contribution in [-0.2, 0) is 36.7 Å². The Morgan fingerprint density at radius 2 is 1.26 bits per heavy atom. The number of nitrogens with one attached hydrogen (secondary N) is 2. The third-order valence-electron chi connectivity index (χ3n) is 4.62. The summed E-state index contributed by atoms with van der Waals surface area (Å²) in [5.41, 5.74) is 1.15. The fraction of sp³-hybridized carbons (Fsp3) is 0.444. The van der Waals surface area contributed by atoms with E-state index in [4.69, 9.17) is 13.7 Å². The second-order valence-corrected chi connectivity index (χ2v) is 12.2. The minimum absolute atomic E-state index is 0.00251. The van der Waals surface area contributed by atoms with Crippen molar-refractivity contribution in [2.45, 2.75) is 77.5 Å². The highest BCUT2D eigenvalue weighted by Gasteiger charge is 2.21. The number of benzene rings is 2. The number of ether oxygens (including phenoxy) is 2. The van der Waals surface area contributed by atoms with Crippen LogP contribution in [0.5, 0.6) is 0 Å². The molecule has 0 spiro atoms. The van der Waals surface area contributed by atoms with Gasteiger partial charge in [0.2, 0.25) is 5.96 Å². The molecule has 0 aliphatic heterocycles. The van der Waals surface area contributed by atoms with Gasteiger partial charge < -0.3 is 9.47 Å². The fourth-order valence-corrected chi connectivity index (χ4v) is 3.84. The van der Waals surface area contributed by atoms with E-state index in [9.17, 15) is 18.0 Å². The van der Waals surface area contributed by atoms with E-state index in [1.54, 1.807) is 53.7 Å². The van der Waals surface area contributed by atoms with Crippen LogP contribution >= 0.6 is 0 Å². The first kappa shape index (κ1) is 30.8. The summed E-state index contributed by atoms with van der Waals surface area (Å²) in [6.45, 7) is 12.3. The summed E-state index contributed by atoms with van der Waals surface area (Å²) >= 11 is 0. The van der Waals surface area contributed by atoms with Crippen molar-refractivity contribution in [1.29, 1.82) is 0 Å². The van der Waals surface area contributed by atoms with Crippen LogP contribution in [0.3, 0.4) is 0 Å². The summed E-state index contributed by atoms with van der Waals surface area (Å²) in [5, 5.41) is 4.87. The molecule has 0 saturated heterocycles. The van der Waals surface area contributed by atoms with Crippen molar-refractivity contribution in [1.82, 2.24) is 10.6 Å². The number of hydrogen-bond donors (Lipinski definition) is 2. The number of hydrogen-bond acceptors (Lipinski definition) is 8. The van der Waals surface area contributed by atoms with E-state index in [0.29, 0.717) is 6.42 Å². The Hall–Kier alpha value is -3.44. The summed E-state index contributed by atoms with van der Waals surface area (Å²) in [6.07, 6.45) is -1.16. The van der Waals surface area contributed by atoms with Crippen molar-refractivity contribution in [3.8, 4) is 0 Å². The number of rotatable bonds is 7. The molecule has 0 unspecified atom stereocenters. The van der Waals surface area contributed by atoms with Gasteiger partial charge in [0.25, 0.3) is 10.1 Å². The van der Waals surface area contributed by atoms with Crippen LogP contribution in [0.2, 0.25) is 0 Å². The van der Waals surface area contributed by atoms with Gasteiger partial charge in [-0.1, -0.05) is 42.0 Å². The van der Waals surface area contributed by atoms with Gasteiger partial charge in [-0.05, 0) is 78.1 Å². The number of carbonyl (C=O) groups is 2. The number of aliphatic imine (C=N–C) groups is 1. The van der Waals surface area contributed by atoms with Crippen molar-refractivity contribution in [3.05, 3.63) is 65.2 Å². The van der Waals surface area contributed by atoms with E-state index in [2.05, 4.69) is 15.6 Å². The largest absolute Gasteiger partial charge is 0.444 e. The van der Waals surface area contributed by atoms with Crippen LogP contribution in [0.15, 0.2) is 58.4 Å².